The van der Waals surface area contributed by atoms with Crippen LogP contribution in [-0.4, -0.2) is 13.0 Å². The largest absolute Gasteiger partial charge is 0.497 e. The van der Waals surface area contributed by atoms with Crippen LogP contribution in [0.3, 0.4) is 0 Å². The highest BCUT2D eigenvalue weighted by Gasteiger charge is 2.27. The summed E-state index contributed by atoms with van der Waals surface area (Å²) in [4.78, 5) is 15.0. The molecule has 0 unspecified atom stereocenters. The average molecular weight is 357 g/mol. The Morgan fingerprint density at radius 3 is 2.37 bits per heavy atom. The second-order valence-corrected chi connectivity index (χ2v) is 6.22. The summed E-state index contributed by atoms with van der Waals surface area (Å²) in [5.74, 6) is 1.56. The monoisotopic (exact) mass is 357 g/mol. The zero-order valence-corrected chi connectivity index (χ0v) is 15.0. The molecule has 4 heteroatoms. The zero-order chi connectivity index (χ0) is 18.6. The van der Waals surface area contributed by atoms with Gasteiger partial charge < -0.3 is 14.4 Å². The molecule has 4 rings (SSSR count). The molecule has 0 aromatic heterocycles. The minimum Gasteiger partial charge on any atom is -0.497 e. The molecule has 0 saturated carbocycles. The van der Waals surface area contributed by atoms with Crippen LogP contribution in [0.2, 0.25) is 0 Å². The number of benzene rings is 3. The molecule has 1 aliphatic heterocycles. The van der Waals surface area contributed by atoms with E-state index in [1.165, 1.54) is 0 Å². The van der Waals surface area contributed by atoms with Gasteiger partial charge in [0.1, 0.15) is 11.5 Å². The second kappa shape index (κ2) is 7.38. The molecule has 4 nitrogen and oxygen atoms in total. The molecule has 1 aliphatic rings. The number of hydrogen-bond donors (Lipinski definition) is 0. The third kappa shape index (κ3) is 3.55. The Labute approximate surface area is 158 Å². The zero-order valence-electron chi connectivity index (χ0n) is 15.0. The maximum atomic E-state index is 13.3. The molecule has 0 aliphatic carbocycles. The van der Waals surface area contributed by atoms with Gasteiger partial charge in [-0.15, -0.1) is 0 Å². The highest BCUT2D eigenvalue weighted by atomic mass is 16.5. The van der Waals surface area contributed by atoms with Gasteiger partial charge in [-0.1, -0.05) is 48.5 Å². The van der Waals surface area contributed by atoms with E-state index < -0.39 is 0 Å². The predicted octanol–water partition coefficient (Wildman–Crippen LogP) is 4.66. The van der Waals surface area contributed by atoms with Crippen LogP contribution in [-0.2, 0) is 11.3 Å². The second-order valence-electron chi connectivity index (χ2n) is 6.22. The van der Waals surface area contributed by atoms with E-state index in [1.54, 1.807) is 18.1 Å². The van der Waals surface area contributed by atoms with E-state index in [4.69, 9.17) is 9.47 Å². The quantitative estimate of drug-likeness (QED) is 0.640. The van der Waals surface area contributed by atoms with Crippen LogP contribution in [0.1, 0.15) is 11.1 Å². The van der Waals surface area contributed by atoms with Crippen LogP contribution in [0.4, 0.5) is 5.69 Å². The number of carbonyl (C=O) groups excluding carboxylic acids is 1. The SMILES string of the molecule is COc1ccc(N2Cc3ccccc3O/C(=C\c3ccccc3)C2=O)cc1. The third-order valence-corrected chi connectivity index (χ3v) is 4.46. The highest BCUT2D eigenvalue weighted by Crippen LogP contribution is 2.31. The molecule has 0 N–H and O–H groups in total. The van der Waals surface area contributed by atoms with E-state index in [0.29, 0.717) is 18.1 Å². The lowest BCUT2D eigenvalue weighted by Gasteiger charge is -2.21. The van der Waals surface area contributed by atoms with Gasteiger partial charge in [0.2, 0.25) is 0 Å². The van der Waals surface area contributed by atoms with Crippen molar-refractivity contribution in [2.75, 3.05) is 12.0 Å². The lowest BCUT2D eigenvalue weighted by atomic mass is 10.1. The minimum atomic E-state index is -0.180. The Hall–Kier alpha value is -3.53. The number of nitrogens with zero attached hydrogens (tertiary/aromatic N) is 1. The molecule has 0 spiro atoms. The van der Waals surface area contributed by atoms with E-state index in [2.05, 4.69) is 0 Å². The number of hydrogen-bond acceptors (Lipinski definition) is 3. The molecule has 3 aromatic rings. The van der Waals surface area contributed by atoms with Gasteiger partial charge in [0.25, 0.3) is 5.91 Å². The van der Waals surface area contributed by atoms with Crippen LogP contribution in [0.5, 0.6) is 11.5 Å². The molecular weight excluding hydrogens is 338 g/mol. The Kier molecular flexibility index (Phi) is 4.62. The minimum absolute atomic E-state index is 0.180. The first kappa shape index (κ1) is 16.9. The number of rotatable bonds is 3. The van der Waals surface area contributed by atoms with Gasteiger partial charge in [-0.05, 0) is 42.0 Å². The Bertz CT molecular complexity index is 978. The van der Waals surface area contributed by atoms with Crippen molar-refractivity contribution in [3.05, 3.63) is 95.7 Å². The van der Waals surface area contributed by atoms with E-state index in [9.17, 15) is 4.79 Å². The van der Waals surface area contributed by atoms with Gasteiger partial charge in [-0.2, -0.15) is 0 Å². The number of fused-ring (bicyclic) bond motifs is 1. The Morgan fingerprint density at radius 1 is 0.926 bits per heavy atom. The molecule has 0 fully saturated rings. The van der Waals surface area contributed by atoms with Crippen LogP contribution < -0.4 is 14.4 Å². The number of ether oxygens (including phenoxy) is 2. The van der Waals surface area contributed by atoms with Crippen molar-refractivity contribution in [3.8, 4) is 11.5 Å². The fourth-order valence-corrected chi connectivity index (χ4v) is 3.03. The maximum Gasteiger partial charge on any atom is 0.294 e. The van der Waals surface area contributed by atoms with Crippen molar-refractivity contribution >= 4 is 17.7 Å². The summed E-state index contributed by atoms with van der Waals surface area (Å²) in [6.45, 7) is 0.438. The first-order valence-corrected chi connectivity index (χ1v) is 8.73. The Balaban J connectivity index is 1.78. The predicted molar refractivity (Wildman–Crippen MR) is 106 cm³/mol. The van der Waals surface area contributed by atoms with Gasteiger partial charge in [0.05, 0.1) is 13.7 Å². The van der Waals surface area contributed by atoms with Crippen molar-refractivity contribution < 1.29 is 14.3 Å². The van der Waals surface area contributed by atoms with Crippen LogP contribution in [0.25, 0.3) is 6.08 Å². The van der Waals surface area contributed by atoms with E-state index in [1.807, 2.05) is 78.9 Å². The number of amides is 1. The number of methoxy groups -OCH3 is 1. The molecule has 1 amide bonds. The van der Waals surface area contributed by atoms with Crippen molar-refractivity contribution in [3.63, 3.8) is 0 Å². The molecule has 1 heterocycles. The van der Waals surface area contributed by atoms with Crippen LogP contribution in [0, 0.1) is 0 Å². The topological polar surface area (TPSA) is 38.8 Å². The number of para-hydroxylation sites is 1. The van der Waals surface area contributed by atoms with E-state index >= 15 is 0 Å². The van der Waals surface area contributed by atoms with Crippen molar-refractivity contribution in [2.45, 2.75) is 6.54 Å². The van der Waals surface area contributed by atoms with Gasteiger partial charge >= 0.3 is 0 Å². The van der Waals surface area contributed by atoms with E-state index in [0.717, 1.165) is 22.6 Å². The number of anilines is 1. The van der Waals surface area contributed by atoms with Crippen molar-refractivity contribution in [2.24, 2.45) is 0 Å². The van der Waals surface area contributed by atoms with Gasteiger partial charge in [-0.3, -0.25) is 4.79 Å². The third-order valence-electron chi connectivity index (χ3n) is 4.46. The fourth-order valence-electron chi connectivity index (χ4n) is 3.03. The summed E-state index contributed by atoms with van der Waals surface area (Å²) in [5, 5.41) is 0. The van der Waals surface area contributed by atoms with E-state index in [-0.39, 0.29) is 5.91 Å². The summed E-state index contributed by atoms with van der Waals surface area (Å²) in [6, 6.07) is 24.9. The van der Waals surface area contributed by atoms with Gasteiger partial charge in [-0.25, -0.2) is 0 Å². The summed E-state index contributed by atoms with van der Waals surface area (Å²) in [5.41, 5.74) is 2.66. The highest BCUT2D eigenvalue weighted by molar-refractivity contribution is 6.07. The maximum absolute atomic E-state index is 13.3. The molecule has 134 valence electrons. The number of carbonyl (C=O) groups is 1. The molecule has 27 heavy (non-hydrogen) atoms. The summed E-state index contributed by atoms with van der Waals surface area (Å²) >= 11 is 0. The fraction of sp³-hybridized carbons (Fsp3) is 0.0870. The smallest absolute Gasteiger partial charge is 0.294 e. The molecule has 0 bridgehead atoms. The molecular formula is C23H19NO3. The normalized spacial score (nSPS) is 15.1. The first-order chi connectivity index (χ1) is 13.2. The van der Waals surface area contributed by atoms with Crippen molar-refractivity contribution in [1.29, 1.82) is 0 Å². The van der Waals surface area contributed by atoms with Crippen molar-refractivity contribution in [1.82, 2.24) is 0 Å². The van der Waals surface area contributed by atoms with Gasteiger partial charge in [0.15, 0.2) is 5.76 Å². The van der Waals surface area contributed by atoms with Crippen LogP contribution in [0.15, 0.2) is 84.6 Å². The Morgan fingerprint density at radius 2 is 1.63 bits per heavy atom. The van der Waals surface area contributed by atoms with Gasteiger partial charge in [0, 0.05) is 11.3 Å². The standard InChI is InChI=1S/C23H19NO3/c1-26-20-13-11-19(12-14-20)24-16-18-9-5-6-10-21(18)27-22(23(24)25)15-17-7-3-2-4-8-17/h2-15H,16H2,1H3/b22-15-. The molecule has 0 radical (unpaired) electrons. The molecule has 0 saturated heterocycles. The summed E-state index contributed by atoms with van der Waals surface area (Å²) in [7, 11) is 1.62. The lowest BCUT2D eigenvalue weighted by Crippen LogP contribution is -2.31. The summed E-state index contributed by atoms with van der Waals surface area (Å²) in [6.07, 6.45) is 1.78. The average Bonchev–Trinajstić information content (AvgIpc) is 2.86. The molecule has 0 atom stereocenters. The first-order valence-electron chi connectivity index (χ1n) is 8.73. The lowest BCUT2D eigenvalue weighted by molar-refractivity contribution is -0.116. The molecule has 3 aromatic carbocycles. The van der Waals surface area contributed by atoms with Crippen LogP contribution >= 0.6 is 0 Å². The summed E-state index contributed by atoms with van der Waals surface area (Å²) < 4.78 is 11.2.